The second-order valence-corrected chi connectivity index (χ2v) is 2.54. The van der Waals surface area contributed by atoms with Gasteiger partial charge in [-0.2, -0.15) is 0 Å². The Hall–Kier alpha value is 0.634. The summed E-state index contributed by atoms with van der Waals surface area (Å²) in [7, 11) is 0. The summed E-state index contributed by atoms with van der Waals surface area (Å²) < 4.78 is 0. The third kappa shape index (κ3) is 8.54. The normalized spacial score (nSPS) is 12.3. The second-order valence-electron chi connectivity index (χ2n) is 2.54. The van der Waals surface area contributed by atoms with Crippen LogP contribution in [0.5, 0.6) is 0 Å². The molecule has 0 amide bonds. The molecule has 0 aromatic heterocycles. The van der Waals surface area contributed by atoms with E-state index in [1.54, 1.807) is 0 Å². The molecule has 0 aliphatic heterocycles. The fourth-order valence-corrected chi connectivity index (χ4v) is 0.902. The zero-order valence-corrected chi connectivity index (χ0v) is 8.65. The van der Waals surface area contributed by atoms with Gasteiger partial charge in [0.05, 0.1) is 0 Å². The summed E-state index contributed by atoms with van der Waals surface area (Å²) in [4.78, 5) is 0. The topological polar surface area (TPSA) is 40.5 Å². The van der Waals surface area contributed by atoms with Gasteiger partial charge in [-0.1, -0.05) is 26.2 Å². The minimum atomic E-state index is 0. The Morgan fingerprint density at radius 3 is 2.36 bits per heavy atom. The van der Waals surface area contributed by atoms with E-state index in [1.165, 1.54) is 6.61 Å². The number of hydrogen-bond donors (Lipinski definition) is 2. The van der Waals surface area contributed by atoms with E-state index in [0.717, 1.165) is 25.7 Å². The molecule has 1 atom stereocenters. The van der Waals surface area contributed by atoms with Crippen LogP contribution in [0, 0.1) is 12.5 Å². The van der Waals surface area contributed by atoms with E-state index < -0.39 is 0 Å². The Morgan fingerprint density at radius 1 is 1.36 bits per heavy atom. The maximum Gasteiger partial charge on any atom is 0.0431 e. The van der Waals surface area contributed by atoms with Crippen LogP contribution in [0.4, 0.5) is 0 Å². The Balaban J connectivity index is 0. The van der Waals surface area contributed by atoms with E-state index in [1.807, 2.05) is 0 Å². The standard InChI is InChI=1S/C8H17O2.Ti/c1-2-8(7-10)5-3-4-6-9;/h7-10H,2-6H2,1H3;/q-1;. The van der Waals surface area contributed by atoms with Crippen molar-refractivity contribution in [2.45, 2.75) is 32.6 Å². The number of aliphatic hydroxyl groups excluding tert-OH is 2. The quantitative estimate of drug-likeness (QED) is 0.383. The second kappa shape index (κ2) is 10.6. The molecule has 2 N–H and O–H groups in total. The fraction of sp³-hybridized carbons (Fsp3) is 0.875. The smallest absolute Gasteiger partial charge is 0.0431 e. The molecule has 0 aromatic carbocycles. The van der Waals surface area contributed by atoms with Gasteiger partial charge in [0.1, 0.15) is 0 Å². The number of rotatable bonds is 6. The monoisotopic (exact) mass is 193 g/mol. The van der Waals surface area contributed by atoms with Gasteiger partial charge < -0.3 is 10.2 Å². The average molecular weight is 193 g/mol. The van der Waals surface area contributed by atoms with Crippen LogP contribution in [-0.2, 0) is 21.7 Å². The largest absolute Gasteiger partial charge is 0.566 e. The molecular formula is C8H17O2Ti-. The number of unbranched alkanes of at least 4 members (excludes halogenated alkanes) is 1. The van der Waals surface area contributed by atoms with Crippen molar-refractivity contribution in [3.05, 3.63) is 6.61 Å². The van der Waals surface area contributed by atoms with Crippen LogP contribution in [0.25, 0.3) is 0 Å². The van der Waals surface area contributed by atoms with Crippen molar-refractivity contribution >= 4 is 0 Å². The zero-order valence-electron chi connectivity index (χ0n) is 7.08. The molecule has 0 fully saturated rings. The Labute approximate surface area is 83.9 Å². The summed E-state index contributed by atoms with van der Waals surface area (Å²) in [6.45, 7) is 3.58. The van der Waals surface area contributed by atoms with Gasteiger partial charge in [0.25, 0.3) is 0 Å². The SMILES string of the molecule is CCC([CH-]O)CCCCO.[Ti]. The number of aliphatic hydroxyl groups is 2. The van der Waals surface area contributed by atoms with Gasteiger partial charge in [-0.3, -0.25) is 0 Å². The van der Waals surface area contributed by atoms with Crippen molar-refractivity contribution in [3.8, 4) is 0 Å². The molecule has 3 heteroatoms. The van der Waals surface area contributed by atoms with Gasteiger partial charge in [-0.25, -0.2) is 6.61 Å². The molecule has 11 heavy (non-hydrogen) atoms. The molecule has 0 aliphatic rings. The molecule has 0 bridgehead atoms. The summed E-state index contributed by atoms with van der Waals surface area (Å²) in [5, 5.41) is 17.1. The molecule has 0 spiro atoms. The van der Waals surface area contributed by atoms with Crippen LogP contribution in [0.2, 0.25) is 0 Å². The molecule has 66 valence electrons. The van der Waals surface area contributed by atoms with Gasteiger partial charge >= 0.3 is 0 Å². The van der Waals surface area contributed by atoms with E-state index >= 15 is 0 Å². The first-order valence-electron chi connectivity index (χ1n) is 3.93. The molecule has 0 radical (unpaired) electrons. The summed E-state index contributed by atoms with van der Waals surface area (Å²) in [5.74, 6) is 0.326. The average Bonchev–Trinajstić information content (AvgIpc) is 1.99. The molecule has 0 saturated heterocycles. The predicted octanol–water partition coefficient (Wildman–Crippen LogP) is 1.71. The van der Waals surface area contributed by atoms with Gasteiger partial charge in [0.15, 0.2) is 0 Å². The maximum absolute atomic E-state index is 8.64. The summed E-state index contributed by atoms with van der Waals surface area (Å²) in [6.07, 6.45) is 3.84. The molecule has 0 heterocycles. The van der Waals surface area contributed by atoms with Crippen molar-refractivity contribution in [3.63, 3.8) is 0 Å². The maximum atomic E-state index is 8.64. The molecule has 2 nitrogen and oxygen atoms in total. The Kier molecular flexibility index (Phi) is 13.7. The van der Waals surface area contributed by atoms with Crippen LogP contribution in [0.1, 0.15) is 32.6 Å². The van der Waals surface area contributed by atoms with E-state index in [4.69, 9.17) is 10.2 Å². The van der Waals surface area contributed by atoms with E-state index in [2.05, 4.69) is 6.92 Å². The fourth-order valence-electron chi connectivity index (χ4n) is 0.902. The van der Waals surface area contributed by atoms with Crippen LogP contribution in [0.3, 0.4) is 0 Å². The van der Waals surface area contributed by atoms with E-state index in [0.29, 0.717) is 5.92 Å². The summed E-state index contributed by atoms with van der Waals surface area (Å²) in [6, 6.07) is 0. The molecule has 0 aromatic rings. The van der Waals surface area contributed by atoms with Crippen molar-refractivity contribution in [1.82, 2.24) is 0 Å². The molecular weight excluding hydrogens is 176 g/mol. The Bertz CT molecular complexity index is 65.1. The van der Waals surface area contributed by atoms with Gasteiger partial charge in [0, 0.05) is 28.3 Å². The van der Waals surface area contributed by atoms with Crippen molar-refractivity contribution in [2.75, 3.05) is 6.61 Å². The van der Waals surface area contributed by atoms with Crippen molar-refractivity contribution in [2.24, 2.45) is 5.92 Å². The third-order valence-electron chi connectivity index (χ3n) is 1.72. The van der Waals surface area contributed by atoms with Gasteiger partial charge in [0.2, 0.25) is 0 Å². The molecule has 1 unspecified atom stereocenters. The number of hydrogen-bond acceptors (Lipinski definition) is 2. The minimum Gasteiger partial charge on any atom is -0.566 e. The van der Waals surface area contributed by atoms with Crippen LogP contribution in [0.15, 0.2) is 0 Å². The first kappa shape index (κ1) is 14.2. The van der Waals surface area contributed by atoms with Crippen LogP contribution < -0.4 is 0 Å². The molecule has 0 rings (SSSR count). The zero-order chi connectivity index (χ0) is 7.82. The van der Waals surface area contributed by atoms with Crippen LogP contribution >= 0.6 is 0 Å². The Morgan fingerprint density at radius 2 is 2.00 bits per heavy atom. The molecule has 0 saturated carbocycles. The predicted molar refractivity (Wildman–Crippen MR) is 41.0 cm³/mol. The third-order valence-corrected chi connectivity index (χ3v) is 1.72. The first-order chi connectivity index (χ1) is 4.85. The van der Waals surface area contributed by atoms with Gasteiger partial charge in [-0.15, -0.1) is 5.92 Å². The van der Waals surface area contributed by atoms with E-state index in [9.17, 15) is 0 Å². The van der Waals surface area contributed by atoms with Crippen LogP contribution in [-0.4, -0.2) is 16.8 Å². The van der Waals surface area contributed by atoms with Crippen molar-refractivity contribution in [1.29, 1.82) is 0 Å². The minimum absolute atomic E-state index is 0. The van der Waals surface area contributed by atoms with Gasteiger partial charge in [-0.05, 0) is 6.42 Å². The van der Waals surface area contributed by atoms with E-state index in [-0.39, 0.29) is 28.3 Å². The van der Waals surface area contributed by atoms with Crippen molar-refractivity contribution < 1.29 is 31.9 Å². The summed E-state index contributed by atoms with van der Waals surface area (Å²) >= 11 is 0. The summed E-state index contributed by atoms with van der Waals surface area (Å²) in [5.41, 5.74) is 0. The first-order valence-corrected chi connectivity index (χ1v) is 3.93. The molecule has 0 aliphatic carbocycles.